The van der Waals surface area contributed by atoms with Crippen LogP contribution in [0.2, 0.25) is 0 Å². The molecule has 3 nitrogen and oxygen atoms in total. The lowest BCUT2D eigenvalue weighted by Gasteiger charge is -2.28. The van der Waals surface area contributed by atoms with Crippen molar-refractivity contribution in [2.24, 2.45) is 0 Å². The van der Waals surface area contributed by atoms with Crippen molar-refractivity contribution in [3.63, 3.8) is 0 Å². The smallest absolute Gasteiger partial charge is 0.254 e. The fraction of sp³-hybridized carbons (Fsp3) is 0.500. The number of likely N-dealkylation sites (tertiary alicyclic amines) is 1. The molecule has 0 aliphatic carbocycles. The highest BCUT2D eigenvalue weighted by molar-refractivity contribution is 9.10. The van der Waals surface area contributed by atoms with E-state index in [2.05, 4.69) is 29.8 Å². The van der Waals surface area contributed by atoms with Gasteiger partial charge < -0.3 is 10.6 Å². The maximum atomic E-state index is 12.5. The molecule has 1 amide bonds. The first-order chi connectivity index (χ1) is 8.54. The van der Waals surface area contributed by atoms with Gasteiger partial charge in [-0.2, -0.15) is 0 Å². The van der Waals surface area contributed by atoms with Crippen LogP contribution in [0.1, 0.15) is 43.5 Å². The van der Waals surface area contributed by atoms with Crippen molar-refractivity contribution < 1.29 is 4.79 Å². The normalized spacial score (nSPS) is 23.4. The van der Waals surface area contributed by atoms with Crippen LogP contribution in [0.15, 0.2) is 22.7 Å². The number of amides is 1. The molecule has 2 rings (SSSR count). The van der Waals surface area contributed by atoms with E-state index in [-0.39, 0.29) is 5.91 Å². The van der Waals surface area contributed by atoms with E-state index in [1.54, 1.807) is 6.07 Å². The number of anilines is 1. The van der Waals surface area contributed by atoms with Gasteiger partial charge in [-0.15, -0.1) is 0 Å². The van der Waals surface area contributed by atoms with Crippen molar-refractivity contribution in [3.8, 4) is 0 Å². The molecule has 2 unspecified atom stereocenters. The van der Waals surface area contributed by atoms with Gasteiger partial charge in [-0.25, -0.2) is 0 Å². The Balaban J connectivity index is 2.27. The molecule has 1 aromatic rings. The van der Waals surface area contributed by atoms with Crippen LogP contribution in [0.25, 0.3) is 0 Å². The summed E-state index contributed by atoms with van der Waals surface area (Å²) in [6.07, 6.45) is 3.22. The van der Waals surface area contributed by atoms with Gasteiger partial charge in [0.15, 0.2) is 0 Å². The first kappa shape index (κ1) is 13.4. The molecule has 0 saturated carbocycles. The Morgan fingerprint density at radius 3 is 2.83 bits per heavy atom. The predicted molar refractivity (Wildman–Crippen MR) is 77.5 cm³/mol. The minimum Gasteiger partial charge on any atom is -0.398 e. The molecule has 2 N–H and O–H groups in total. The minimum atomic E-state index is 0.103. The van der Waals surface area contributed by atoms with Gasteiger partial charge in [0.25, 0.3) is 5.91 Å². The third-order valence-corrected chi connectivity index (χ3v) is 4.46. The Morgan fingerprint density at radius 1 is 1.50 bits per heavy atom. The molecule has 0 bridgehead atoms. The van der Waals surface area contributed by atoms with E-state index >= 15 is 0 Å². The highest BCUT2D eigenvalue weighted by Crippen LogP contribution is 2.29. The highest BCUT2D eigenvalue weighted by atomic mass is 79.9. The third-order valence-electron chi connectivity index (χ3n) is 3.73. The molecular formula is C14H19BrN2O. The summed E-state index contributed by atoms with van der Waals surface area (Å²) in [7, 11) is 0. The predicted octanol–water partition coefficient (Wildman–Crippen LogP) is 3.43. The summed E-state index contributed by atoms with van der Waals surface area (Å²) in [4.78, 5) is 14.6. The molecule has 0 spiro atoms. The quantitative estimate of drug-likeness (QED) is 0.851. The van der Waals surface area contributed by atoms with Crippen LogP contribution in [0.5, 0.6) is 0 Å². The van der Waals surface area contributed by atoms with Crippen molar-refractivity contribution in [2.75, 3.05) is 5.73 Å². The summed E-state index contributed by atoms with van der Waals surface area (Å²) in [5.41, 5.74) is 7.14. The Bertz CT molecular complexity index is 461. The van der Waals surface area contributed by atoms with Crippen molar-refractivity contribution in [1.82, 2.24) is 4.90 Å². The second kappa shape index (κ2) is 5.31. The van der Waals surface area contributed by atoms with Gasteiger partial charge in [0.05, 0.1) is 0 Å². The Hall–Kier alpha value is -1.03. The monoisotopic (exact) mass is 310 g/mol. The number of rotatable bonds is 2. The molecule has 1 saturated heterocycles. The van der Waals surface area contributed by atoms with E-state index in [1.165, 1.54) is 0 Å². The van der Waals surface area contributed by atoms with E-state index in [1.807, 2.05) is 17.0 Å². The van der Waals surface area contributed by atoms with Crippen LogP contribution in [0, 0.1) is 0 Å². The highest BCUT2D eigenvalue weighted by Gasteiger charge is 2.33. The number of hydrogen-bond donors (Lipinski definition) is 1. The maximum Gasteiger partial charge on any atom is 0.254 e. The van der Waals surface area contributed by atoms with Gasteiger partial charge in [0, 0.05) is 27.8 Å². The van der Waals surface area contributed by atoms with Crippen LogP contribution < -0.4 is 5.73 Å². The minimum absolute atomic E-state index is 0.103. The lowest BCUT2D eigenvalue weighted by molar-refractivity contribution is 0.0676. The lowest BCUT2D eigenvalue weighted by Crippen LogP contribution is -2.39. The number of halogens is 1. The number of nitrogen functional groups attached to an aromatic ring is 1. The summed E-state index contributed by atoms with van der Waals surface area (Å²) in [6, 6.07) is 6.12. The fourth-order valence-electron chi connectivity index (χ4n) is 2.66. The Morgan fingerprint density at radius 2 is 2.22 bits per heavy atom. The van der Waals surface area contributed by atoms with Crippen LogP contribution in [-0.2, 0) is 0 Å². The van der Waals surface area contributed by atoms with Crippen LogP contribution in [0.3, 0.4) is 0 Å². The zero-order valence-corrected chi connectivity index (χ0v) is 12.4. The summed E-state index contributed by atoms with van der Waals surface area (Å²) < 4.78 is 0.834. The average molecular weight is 311 g/mol. The zero-order chi connectivity index (χ0) is 13.3. The number of nitrogens with two attached hydrogens (primary N) is 1. The molecule has 2 atom stereocenters. The Kier molecular flexibility index (Phi) is 3.95. The SMILES string of the molecule is CCC1CCC(C)N1C(=O)c1ccc(Br)c(N)c1. The molecular weight excluding hydrogens is 292 g/mol. The second-order valence-electron chi connectivity index (χ2n) is 4.94. The molecule has 1 aliphatic heterocycles. The van der Waals surface area contributed by atoms with Gasteiger partial charge in [-0.05, 0) is 60.3 Å². The van der Waals surface area contributed by atoms with Crippen molar-refractivity contribution in [3.05, 3.63) is 28.2 Å². The molecule has 0 radical (unpaired) electrons. The van der Waals surface area contributed by atoms with Crippen molar-refractivity contribution in [1.29, 1.82) is 0 Å². The van der Waals surface area contributed by atoms with E-state index < -0.39 is 0 Å². The third kappa shape index (κ3) is 2.39. The molecule has 1 heterocycles. The topological polar surface area (TPSA) is 46.3 Å². The number of carbonyl (C=O) groups is 1. The van der Waals surface area contributed by atoms with Crippen LogP contribution in [0.4, 0.5) is 5.69 Å². The molecule has 18 heavy (non-hydrogen) atoms. The van der Waals surface area contributed by atoms with Gasteiger partial charge in [-0.3, -0.25) is 4.79 Å². The summed E-state index contributed by atoms with van der Waals surface area (Å²) in [6.45, 7) is 4.26. The number of carbonyl (C=O) groups excluding carboxylic acids is 1. The standard InChI is InChI=1S/C14H19BrN2O/c1-3-11-6-4-9(2)17(11)14(18)10-5-7-12(15)13(16)8-10/h5,7-9,11H,3-4,6,16H2,1-2H3. The molecule has 0 aromatic heterocycles. The summed E-state index contributed by atoms with van der Waals surface area (Å²) in [5.74, 6) is 0.103. The van der Waals surface area contributed by atoms with Gasteiger partial charge >= 0.3 is 0 Å². The molecule has 4 heteroatoms. The summed E-state index contributed by atoms with van der Waals surface area (Å²) >= 11 is 3.35. The van der Waals surface area contributed by atoms with E-state index in [9.17, 15) is 4.79 Å². The number of nitrogens with zero attached hydrogens (tertiary/aromatic N) is 1. The number of benzene rings is 1. The first-order valence-corrected chi connectivity index (χ1v) is 7.21. The van der Waals surface area contributed by atoms with Gasteiger partial charge in [-0.1, -0.05) is 6.92 Å². The molecule has 1 fully saturated rings. The fourth-order valence-corrected chi connectivity index (χ4v) is 2.91. The van der Waals surface area contributed by atoms with E-state index in [0.717, 1.165) is 23.7 Å². The number of hydrogen-bond acceptors (Lipinski definition) is 2. The Labute approximate surface area is 116 Å². The first-order valence-electron chi connectivity index (χ1n) is 6.42. The van der Waals surface area contributed by atoms with Gasteiger partial charge in [0.2, 0.25) is 0 Å². The van der Waals surface area contributed by atoms with Crippen LogP contribution in [-0.4, -0.2) is 22.9 Å². The molecule has 1 aliphatic rings. The average Bonchev–Trinajstić information content (AvgIpc) is 2.73. The summed E-state index contributed by atoms with van der Waals surface area (Å²) in [5, 5.41) is 0. The maximum absolute atomic E-state index is 12.5. The van der Waals surface area contributed by atoms with Crippen molar-refractivity contribution >= 4 is 27.5 Å². The van der Waals surface area contributed by atoms with E-state index in [4.69, 9.17) is 5.73 Å². The largest absolute Gasteiger partial charge is 0.398 e. The van der Waals surface area contributed by atoms with Crippen LogP contribution >= 0.6 is 15.9 Å². The lowest BCUT2D eigenvalue weighted by atomic mass is 10.1. The molecule has 1 aromatic carbocycles. The second-order valence-corrected chi connectivity index (χ2v) is 5.79. The van der Waals surface area contributed by atoms with Gasteiger partial charge in [0.1, 0.15) is 0 Å². The van der Waals surface area contributed by atoms with E-state index in [0.29, 0.717) is 23.3 Å². The molecule has 98 valence electrons. The van der Waals surface area contributed by atoms with Crippen molar-refractivity contribution in [2.45, 2.75) is 45.2 Å². The zero-order valence-electron chi connectivity index (χ0n) is 10.8.